The van der Waals surface area contributed by atoms with E-state index >= 15 is 0 Å². The number of anilines is 1. The number of halogens is 2. The fourth-order valence-electron chi connectivity index (χ4n) is 2.86. The van der Waals surface area contributed by atoms with E-state index in [1.165, 1.54) is 13.2 Å². The molecule has 1 saturated heterocycles. The highest BCUT2D eigenvalue weighted by Crippen LogP contribution is 2.33. The lowest BCUT2D eigenvalue weighted by Crippen LogP contribution is -2.36. The topological polar surface area (TPSA) is 63.0 Å². The largest absolute Gasteiger partial charge is 0.495 e. The number of ether oxygens (including phenoxy) is 1. The number of piperidine rings is 1. The van der Waals surface area contributed by atoms with Gasteiger partial charge in [-0.05, 0) is 18.9 Å². The second kappa shape index (κ2) is 8.73. The van der Waals surface area contributed by atoms with Crippen LogP contribution in [0.3, 0.4) is 0 Å². The fourth-order valence-corrected chi connectivity index (χ4v) is 3.05. The van der Waals surface area contributed by atoms with Crippen molar-refractivity contribution in [1.82, 2.24) is 9.97 Å². The van der Waals surface area contributed by atoms with Gasteiger partial charge in [-0.2, -0.15) is 0 Å². The molecule has 2 aromatic rings. The highest BCUT2D eigenvalue weighted by Gasteiger charge is 2.22. The number of hydrogen-bond acceptors (Lipinski definition) is 6. The van der Waals surface area contributed by atoms with Crippen molar-refractivity contribution in [3.05, 3.63) is 59.0 Å². The Morgan fingerprint density at radius 1 is 1.37 bits per heavy atom. The number of methoxy groups -OCH3 is 1. The van der Waals surface area contributed by atoms with E-state index < -0.39 is 5.82 Å². The van der Waals surface area contributed by atoms with Crippen LogP contribution in [0.4, 0.5) is 10.1 Å². The minimum Gasteiger partial charge on any atom is -0.495 e. The van der Waals surface area contributed by atoms with Crippen LogP contribution in [0.1, 0.15) is 12.2 Å². The van der Waals surface area contributed by atoms with Crippen molar-refractivity contribution >= 4 is 29.7 Å². The normalized spacial score (nSPS) is 17.4. The molecule has 0 aliphatic carbocycles. The van der Waals surface area contributed by atoms with Crippen LogP contribution in [0.25, 0.3) is 0 Å². The summed E-state index contributed by atoms with van der Waals surface area (Å²) in [4.78, 5) is 18.9. The van der Waals surface area contributed by atoms with Crippen LogP contribution in [0.2, 0.25) is 5.02 Å². The monoisotopic (exact) mass is 387 g/mol. The van der Waals surface area contributed by atoms with Crippen molar-refractivity contribution in [2.75, 3.05) is 25.1 Å². The molecule has 1 aromatic carbocycles. The first kappa shape index (κ1) is 19.0. The lowest BCUT2D eigenvalue weighted by atomic mass is 10.0. The quantitative estimate of drug-likeness (QED) is 0.733. The lowest BCUT2D eigenvalue weighted by Gasteiger charge is -2.31. The Morgan fingerprint density at radius 2 is 2.15 bits per heavy atom. The minimum atomic E-state index is -0.515. The molecule has 0 amide bonds. The molecule has 0 radical (unpaired) electrons. The number of nitrogens with zero attached hydrogens (tertiary/aromatic N) is 5. The van der Waals surface area contributed by atoms with Crippen LogP contribution >= 0.6 is 11.6 Å². The fraction of sp³-hybridized carbons (Fsp3) is 0.263. The second-order valence-corrected chi connectivity index (χ2v) is 6.26. The molecule has 1 aliphatic heterocycles. The van der Waals surface area contributed by atoms with Crippen molar-refractivity contribution < 1.29 is 9.13 Å². The van der Waals surface area contributed by atoms with Crippen molar-refractivity contribution in [3.63, 3.8) is 0 Å². The molecule has 140 valence electrons. The van der Waals surface area contributed by atoms with Gasteiger partial charge in [0.2, 0.25) is 0 Å². The summed E-state index contributed by atoms with van der Waals surface area (Å²) in [5, 5.41) is -0.0214. The molecule has 0 spiro atoms. The van der Waals surface area contributed by atoms with Crippen LogP contribution in [-0.2, 0) is 6.54 Å². The molecule has 0 saturated carbocycles. The Kier molecular flexibility index (Phi) is 6.13. The maximum atomic E-state index is 14.1. The Hall–Kier alpha value is -2.80. The smallest absolute Gasteiger partial charge is 0.149 e. The lowest BCUT2D eigenvalue weighted by molar-refractivity contribution is 0.411. The van der Waals surface area contributed by atoms with Crippen molar-refractivity contribution in [3.8, 4) is 5.75 Å². The highest BCUT2D eigenvalue weighted by atomic mass is 35.5. The molecular formula is C19H19ClFN5O. The molecular weight excluding hydrogens is 369 g/mol. The predicted molar refractivity (Wildman–Crippen MR) is 106 cm³/mol. The van der Waals surface area contributed by atoms with E-state index in [9.17, 15) is 4.39 Å². The molecule has 2 heterocycles. The van der Waals surface area contributed by atoms with Gasteiger partial charge < -0.3 is 9.64 Å². The zero-order valence-corrected chi connectivity index (χ0v) is 15.7. The molecule has 0 bridgehead atoms. The van der Waals surface area contributed by atoms with Gasteiger partial charge in [-0.1, -0.05) is 11.6 Å². The van der Waals surface area contributed by atoms with Crippen LogP contribution < -0.4 is 9.64 Å². The third-order valence-corrected chi connectivity index (χ3v) is 4.56. The molecule has 8 heteroatoms. The average molecular weight is 388 g/mol. The third kappa shape index (κ3) is 4.49. The minimum absolute atomic E-state index is 0.0214. The number of benzene rings is 1. The Balaban J connectivity index is 1.81. The summed E-state index contributed by atoms with van der Waals surface area (Å²) in [6, 6.07) is 4.90. The van der Waals surface area contributed by atoms with Gasteiger partial charge in [0.05, 0.1) is 13.7 Å². The summed E-state index contributed by atoms with van der Waals surface area (Å²) < 4.78 is 19.3. The summed E-state index contributed by atoms with van der Waals surface area (Å²) in [7, 11) is 1.46. The molecule has 0 N–H and O–H groups in total. The van der Waals surface area contributed by atoms with E-state index in [4.69, 9.17) is 16.3 Å². The number of aliphatic imine (C=N–C) groups is 2. The zero-order valence-electron chi connectivity index (χ0n) is 14.9. The van der Waals surface area contributed by atoms with Gasteiger partial charge in [0, 0.05) is 61.1 Å². The van der Waals surface area contributed by atoms with Gasteiger partial charge in [-0.25, -0.2) is 14.4 Å². The summed E-state index contributed by atoms with van der Waals surface area (Å²) in [6.07, 6.45) is 5.74. The van der Waals surface area contributed by atoms with E-state index in [0.29, 0.717) is 43.3 Å². The van der Waals surface area contributed by atoms with E-state index in [0.717, 1.165) is 11.3 Å². The van der Waals surface area contributed by atoms with Crippen molar-refractivity contribution in [1.29, 1.82) is 0 Å². The van der Waals surface area contributed by atoms with Gasteiger partial charge in [0.15, 0.2) is 0 Å². The summed E-state index contributed by atoms with van der Waals surface area (Å²) >= 11 is 5.92. The van der Waals surface area contributed by atoms with Gasteiger partial charge >= 0.3 is 0 Å². The van der Waals surface area contributed by atoms with Crippen LogP contribution in [0.15, 0.2) is 52.4 Å². The maximum absolute atomic E-state index is 14.1. The van der Waals surface area contributed by atoms with Gasteiger partial charge in [-0.15, -0.1) is 0 Å². The first-order valence-electron chi connectivity index (χ1n) is 8.34. The SMILES string of the molecule is C=N/C=C1/CN(c2cc(F)c(Cl)c(OC)c2)CC/C1=N/Cc1ncccn1. The van der Waals surface area contributed by atoms with Gasteiger partial charge in [0.25, 0.3) is 0 Å². The van der Waals surface area contributed by atoms with Crippen LogP contribution in [-0.4, -0.2) is 42.6 Å². The Morgan fingerprint density at radius 3 is 2.85 bits per heavy atom. The third-order valence-electron chi connectivity index (χ3n) is 4.19. The maximum Gasteiger partial charge on any atom is 0.149 e. The first-order chi connectivity index (χ1) is 13.1. The van der Waals surface area contributed by atoms with E-state index in [2.05, 4.69) is 26.7 Å². The number of hydrogen-bond donors (Lipinski definition) is 0. The number of aromatic nitrogens is 2. The van der Waals surface area contributed by atoms with Crippen molar-refractivity contribution in [2.45, 2.75) is 13.0 Å². The Labute approximate surface area is 162 Å². The van der Waals surface area contributed by atoms with E-state index in [1.54, 1.807) is 30.7 Å². The van der Waals surface area contributed by atoms with Crippen molar-refractivity contribution in [2.24, 2.45) is 9.98 Å². The second-order valence-electron chi connectivity index (χ2n) is 5.88. The molecule has 0 atom stereocenters. The van der Waals surface area contributed by atoms with E-state index in [-0.39, 0.29) is 5.02 Å². The molecule has 1 aliphatic rings. The number of rotatable bonds is 5. The van der Waals surface area contributed by atoms with Gasteiger partial charge in [-0.3, -0.25) is 9.98 Å². The van der Waals surface area contributed by atoms with E-state index in [1.807, 2.05) is 4.90 Å². The molecule has 3 rings (SSSR count). The standard InChI is InChI=1S/C19H19ClFN5O/c1-22-10-13-12-26(14-8-15(21)19(20)17(9-14)27-2)7-4-16(13)25-11-18-23-5-3-6-24-18/h3,5-6,8-10H,1,4,7,11-12H2,2H3/b13-10-,25-16-. The molecule has 1 fully saturated rings. The molecule has 27 heavy (non-hydrogen) atoms. The van der Waals surface area contributed by atoms with Crippen LogP contribution in [0.5, 0.6) is 5.75 Å². The summed E-state index contributed by atoms with van der Waals surface area (Å²) in [5.74, 6) is 0.446. The van der Waals surface area contributed by atoms with Gasteiger partial charge in [0.1, 0.15) is 22.4 Å². The summed E-state index contributed by atoms with van der Waals surface area (Å²) in [5.41, 5.74) is 2.53. The predicted octanol–water partition coefficient (Wildman–Crippen LogP) is 3.71. The highest BCUT2D eigenvalue weighted by molar-refractivity contribution is 6.32. The zero-order chi connectivity index (χ0) is 19.2. The molecule has 1 aromatic heterocycles. The molecule has 0 unspecified atom stereocenters. The first-order valence-corrected chi connectivity index (χ1v) is 8.72. The molecule has 6 nitrogen and oxygen atoms in total. The van der Waals surface area contributed by atoms with Crippen LogP contribution in [0, 0.1) is 5.82 Å². The average Bonchev–Trinajstić information content (AvgIpc) is 2.70. The Bertz CT molecular complexity index is 885. The summed E-state index contributed by atoms with van der Waals surface area (Å²) in [6.45, 7) is 5.13.